The van der Waals surface area contributed by atoms with Gasteiger partial charge in [0.15, 0.2) is 0 Å². The predicted molar refractivity (Wildman–Crippen MR) is 75.0 cm³/mol. The molecule has 1 heterocycles. The molecular formula is C14H30N2O2. The van der Waals surface area contributed by atoms with Gasteiger partial charge in [-0.05, 0) is 33.9 Å². The molecule has 108 valence electrons. The van der Waals surface area contributed by atoms with Crippen LogP contribution in [0.2, 0.25) is 0 Å². The second-order valence-corrected chi connectivity index (χ2v) is 5.74. The Hall–Kier alpha value is -0.160. The number of hydrogen-bond donors (Lipinski definition) is 1. The molecule has 0 aromatic heterocycles. The molecular weight excluding hydrogens is 228 g/mol. The summed E-state index contributed by atoms with van der Waals surface area (Å²) in [6, 6.07) is 0. The van der Waals surface area contributed by atoms with E-state index in [0.717, 1.165) is 52.4 Å². The van der Waals surface area contributed by atoms with Crippen molar-refractivity contribution >= 4 is 0 Å². The summed E-state index contributed by atoms with van der Waals surface area (Å²) in [6.45, 7) is 13.1. The van der Waals surface area contributed by atoms with Crippen LogP contribution in [0.3, 0.4) is 0 Å². The van der Waals surface area contributed by atoms with Crippen LogP contribution in [0.4, 0.5) is 0 Å². The molecule has 0 amide bonds. The average Bonchev–Trinajstić information content (AvgIpc) is 2.75. The Balaban J connectivity index is 2.31. The highest BCUT2D eigenvalue weighted by molar-refractivity contribution is 4.87. The Morgan fingerprint density at radius 3 is 2.78 bits per heavy atom. The number of nitrogens with zero attached hydrogens (tertiary/aromatic N) is 1. The fourth-order valence-electron chi connectivity index (χ4n) is 2.46. The van der Waals surface area contributed by atoms with Crippen molar-refractivity contribution in [2.45, 2.75) is 33.3 Å². The largest absolute Gasteiger partial charge is 0.381 e. The second kappa shape index (κ2) is 8.10. The van der Waals surface area contributed by atoms with Crippen LogP contribution < -0.4 is 5.32 Å². The van der Waals surface area contributed by atoms with E-state index in [1.54, 1.807) is 0 Å². The third kappa shape index (κ3) is 5.65. The monoisotopic (exact) mass is 258 g/mol. The lowest BCUT2D eigenvalue weighted by Gasteiger charge is -2.32. The molecule has 1 rings (SSSR count). The Labute approximate surface area is 112 Å². The van der Waals surface area contributed by atoms with Crippen molar-refractivity contribution in [2.24, 2.45) is 5.41 Å². The minimum absolute atomic E-state index is 0.294. The van der Waals surface area contributed by atoms with Gasteiger partial charge in [-0.15, -0.1) is 0 Å². The third-order valence-electron chi connectivity index (χ3n) is 3.46. The summed E-state index contributed by atoms with van der Waals surface area (Å²) >= 11 is 0. The Bertz CT molecular complexity index is 216. The van der Waals surface area contributed by atoms with Gasteiger partial charge in [0.25, 0.3) is 0 Å². The van der Waals surface area contributed by atoms with Gasteiger partial charge in [0, 0.05) is 31.7 Å². The zero-order valence-corrected chi connectivity index (χ0v) is 12.5. The number of likely N-dealkylation sites (N-methyl/N-ethyl adjacent to an activating group) is 1. The first-order valence-electron chi connectivity index (χ1n) is 7.16. The van der Waals surface area contributed by atoms with Crippen LogP contribution in [-0.2, 0) is 9.47 Å². The predicted octanol–water partition coefficient (Wildman–Crippen LogP) is 1.36. The van der Waals surface area contributed by atoms with Gasteiger partial charge in [-0.1, -0.05) is 6.92 Å². The van der Waals surface area contributed by atoms with E-state index in [9.17, 15) is 0 Å². The van der Waals surface area contributed by atoms with Crippen LogP contribution in [0, 0.1) is 5.41 Å². The maximum atomic E-state index is 5.60. The lowest BCUT2D eigenvalue weighted by Crippen LogP contribution is -2.44. The van der Waals surface area contributed by atoms with Crippen LogP contribution in [-0.4, -0.2) is 64.1 Å². The van der Waals surface area contributed by atoms with E-state index >= 15 is 0 Å². The van der Waals surface area contributed by atoms with Crippen molar-refractivity contribution in [1.82, 2.24) is 10.2 Å². The highest BCUT2D eigenvalue weighted by Crippen LogP contribution is 2.28. The summed E-state index contributed by atoms with van der Waals surface area (Å²) in [4.78, 5) is 2.37. The summed E-state index contributed by atoms with van der Waals surface area (Å²) < 4.78 is 11.2. The maximum Gasteiger partial charge on any atom is 0.0596 e. The smallest absolute Gasteiger partial charge is 0.0596 e. The molecule has 0 aromatic rings. The fourth-order valence-corrected chi connectivity index (χ4v) is 2.46. The summed E-state index contributed by atoms with van der Waals surface area (Å²) in [5.74, 6) is 0. The van der Waals surface area contributed by atoms with Crippen LogP contribution in [0.1, 0.15) is 27.2 Å². The molecule has 18 heavy (non-hydrogen) atoms. The minimum atomic E-state index is 0.294. The third-order valence-corrected chi connectivity index (χ3v) is 3.46. The summed E-state index contributed by atoms with van der Waals surface area (Å²) in [6.07, 6.45) is 1.49. The lowest BCUT2D eigenvalue weighted by atomic mass is 9.86. The SMILES string of the molecule is CCNCC1(CN(C)CCOC(C)C)CCOC1. The fraction of sp³-hybridized carbons (Fsp3) is 1.00. The maximum absolute atomic E-state index is 5.60. The van der Waals surface area contributed by atoms with E-state index in [4.69, 9.17) is 9.47 Å². The molecule has 0 saturated carbocycles. The molecule has 0 aliphatic carbocycles. The van der Waals surface area contributed by atoms with E-state index in [-0.39, 0.29) is 0 Å². The van der Waals surface area contributed by atoms with Crippen LogP contribution in [0.5, 0.6) is 0 Å². The van der Waals surface area contributed by atoms with Gasteiger partial charge in [-0.3, -0.25) is 0 Å². The van der Waals surface area contributed by atoms with Gasteiger partial charge in [-0.2, -0.15) is 0 Å². The van der Waals surface area contributed by atoms with E-state index in [2.05, 4.69) is 38.0 Å². The molecule has 1 aliphatic heterocycles. The van der Waals surface area contributed by atoms with Gasteiger partial charge in [0.1, 0.15) is 0 Å². The number of ether oxygens (including phenoxy) is 2. The van der Waals surface area contributed by atoms with Crippen molar-refractivity contribution < 1.29 is 9.47 Å². The van der Waals surface area contributed by atoms with Crippen LogP contribution >= 0.6 is 0 Å². The quantitative estimate of drug-likeness (QED) is 0.677. The Kier molecular flexibility index (Phi) is 7.15. The molecule has 1 atom stereocenters. The molecule has 1 aliphatic rings. The molecule has 4 heteroatoms. The van der Waals surface area contributed by atoms with Gasteiger partial charge in [0.05, 0.1) is 19.3 Å². The standard InChI is InChI=1S/C14H30N2O2/c1-5-15-10-14(6-8-17-12-14)11-16(4)7-9-18-13(2)3/h13,15H,5-12H2,1-4H3. The van der Waals surface area contributed by atoms with Crippen molar-refractivity contribution in [2.75, 3.05) is 53.0 Å². The zero-order valence-electron chi connectivity index (χ0n) is 12.5. The summed E-state index contributed by atoms with van der Waals surface area (Å²) in [5.41, 5.74) is 0.294. The Morgan fingerprint density at radius 2 is 2.22 bits per heavy atom. The normalized spacial score (nSPS) is 24.3. The molecule has 4 nitrogen and oxygen atoms in total. The highest BCUT2D eigenvalue weighted by atomic mass is 16.5. The van der Waals surface area contributed by atoms with Crippen molar-refractivity contribution in [3.63, 3.8) is 0 Å². The van der Waals surface area contributed by atoms with Gasteiger partial charge < -0.3 is 19.7 Å². The van der Waals surface area contributed by atoms with Gasteiger partial charge in [0.2, 0.25) is 0 Å². The van der Waals surface area contributed by atoms with Crippen molar-refractivity contribution in [3.8, 4) is 0 Å². The number of nitrogens with one attached hydrogen (secondary N) is 1. The first kappa shape index (κ1) is 15.9. The zero-order chi connectivity index (χ0) is 13.4. The summed E-state index contributed by atoms with van der Waals surface area (Å²) in [7, 11) is 2.18. The van der Waals surface area contributed by atoms with E-state index < -0.39 is 0 Å². The lowest BCUT2D eigenvalue weighted by molar-refractivity contribution is 0.0513. The molecule has 0 aromatic carbocycles. The topological polar surface area (TPSA) is 33.7 Å². The van der Waals surface area contributed by atoms with Gasteiger partial charge >= 0.3 is 0 Å². The first-order chi connectivity index (χ1) is 8.58. The molecule has 0 bridgehead atoms. The minimum Gasteiger partial charge on any atom is -0.381 e. The number of hydrogen-bond acceptors (Lipinski definition) is 4. The summed E-state index contributed by atoms with van der Waals surface area (Å²) in [5, 5.41) is 3.47. The molecule has 1 unspecified atom stereocenters. The van der Waals surface area contributed by atoms with E-state index in [1.807, 2.05) is 0 Å². The van der Waals surface area contributed by atoms with E-state index in [0.29, 0.717) is 11.5 Å². The molecule has 1 N–H and O–H groups in total. The molecule has 1 saturated heterocycles. The average molecular weight is 258 g/mol. The number of rotatable bonds is 9. The Morgan fingerprint density at radius 1 is 1.44 bits per heavy atom. The van der Waals surface area contributed by atoms with Crippen molar-refractivity contribution in [1.29, 1.82) is 0 Å². The molecule has 0 spiro atoms. The van der Waals surface area contributed by atoms with Crippen molar-refractivity contribution in [3.05, 3.63) is 0 Å². The molecule has 0 radical (unpaired) electrons. The first-order valence-corrected chi connectivity index (χ1v) is 7.16. The highest BCUT2D eigenvalue weighted by Gasteiger charge is 2.35. The molecule has 1 fully saturated rings. The van der Waals surface area contributed by atoms with Crippen LogP contribution in [0.15, 0.2) is 0 Å². The second-order valence-electron chi connectivity index (χ2n) is 5.74. The van der Waals surface area contributed by atoms with Crippen LogP contribution in [0.25, 0.3) is 0 Å². The van der Waals surface area contributed by atoms with Gasteiger partial charge in [-0.25, -0.2) is 0 Å². The van der Waals surface area contributed by atoms with E-state index in [1.165, 1.54) is 0 Å².